The Balaban J connectivity index is 1.97. The maximum atomic E-state index is 13.2. The molecular weight excluding hydrogens is 350 g/mol. The van der Waals surface area contributed by atoms with Gasteiger partial charge in [0, 0.05) is 18.3 Å². The molecule has 2 aromatic rings. The summed E-state index contributed by atoms with van der Waals surface area (Å²) in [5, 5.41) is 19.0. The van der Waals surface area contributed by atoms with Crippen molar-refractivity contribution >= 4 is 0 Å². The topological polar surface area (TPSA) is 120 Å². The second-order valence-electron chi connectivity index (χ2n) is 6.28. The molecule has 0 unspecified atom stereocenters. The summed E-state index contributed by atoms with van der Waals surface area (Å²) in [5.74, 6) is 0.714. The van der Waals surface area contributed by atoms with Crippen molar-refractivity contribution in [3.8, 4) is 23.3 Å². The SMILES string of the molecule is Cc1cc2c(c(=O)n1CCO)[C@@H](c1ccc3c(c1)OCO3)C(C#N)=C(N)O2. The van der Waals surface area contributed by atoms with E-state index in [9.17, 15) is 15.2 Å². The minimum Gasteiger partial charge on any atom is -0.454 e. The molecule has 0 amide bonds. The number of hydrogen-bond acceptors (Lipinski definition) is 7. The molecule has 2 aliphatic heterocycles. The largest absolute Gasteiger partial charge is 0.454 e. The van der Waals surface area contributed by atoms with Gasteiger partial charge in [0.15, 0.2) is 11.5 Å². The number of allylic oxidation sites excluding steroid dienone is 1. The molecular formula is C19H17N3O5. The maximum Gasteiger partial charge on any atom is 0.258 e. The van der Waals surface area contributed by atoms with Crippen molar-refractivity contribution in [2.75, 3.05) is 13.4 Å². The van der Waals surface area contributed by atoms with Crippen LogP contribution >= 0.6 is 0 Å². The monoisotopic (exact) mass is 367 g/mol. The molecule has 2 aliphatic rings. The molecule has 1 aromatic carbocycles. The molecule has 3 N–H and O–H groups in total. The molecule has 0 saturated heterocycles. The number of pyridine rings is 1. The number of fused-ring (bicyclic) bond motifs is 2. The molecule has 8 nitrogen and oxygen atoms in total. The van der Waals surface area contributed by atoms with Gasteiger partial charge in [0.25, 0.3) is 5.56 Å². The van der Waals surface area contributed by atoms with Crippen LogP contribution in [0.4, 0.5) is 0 Å². The van der Waals surface area contributed by atoms with Gasteiger partial charge < -0.3 is 29.6 Å². The van der Waals surface area contributed by atoms with Crippen LogP contribution < -0.4 is 25.5 Å². The molecule has 0 aliphatic carbocycles. The molecule has 27 heavy (non-hydrogen) atoms. The van der Waals surface area contributed by atoms with Crippen LogP contribution in [0, 0.1) is 18.3 Å². The van der Waals surface area contributed by atoms with Crippen molar-refractivity contribution < 1.29 is 19.3 Å². The van der Waals surface area contributed by atoms with Crippen molar-refractivity contribution in [1.82, 2.24) is 4.57 Å². The predicted octanol–water partition coefficient (Wildman–Crippen LogP) is 1.10. The van der Waals surface area contributed by atoms with Crippen LogP contribution in [0.5, 0.6) is 17.2 Å². The van der Waals surface area contributed by atoms with Gasteiger partial charge in [-0.25, -0.2) is 0 Å². The lowest BCUT2D eigenvalue weighted by Gasteiger charge is -2.27. The van der Waals surface area contributed by atoms with Crippen molar-refractivity contribution in [1.29, 1.82) is 5.26 Å². The van der Waals surface area contributed by atoms with Gasteiger partial charge in [-0.1, -0.05) is 6.07 Å². The van der Waals surface area contributed by atoms with Gasteiger partial charge in [-0.15, -0.1) is 0 Å². The van der Waals surface area contributed by atoms with Crippen LogP contribution in [0.15, 0.2) is 40.5 Å². The number of aromatic nitrogens is 1. The van der Waals surface area contributed by atoms with Gasteiger partial charge in [-0.3, -0.25) is 4.79 Å². The zero-order valence-corrected chi connectivity index (χ0v) is 14.6. The Hall–Kier alpha value is -3.44. The number of hydrogen-bond donors (Lipinski definition) is 2. The highest BCUT2D eigenvalue weighted by molar-refractivity contribution is 5.57. The fraction of sp³-hybridized carbons (Fsp3) is 0.263. The van der Waals surface area contributed by atoms with E-state index in [1.807, 2.05) is 0 Å². The van der Waals surface area contributed by atoms with Crippen molar-refractivity contribution in [3.05, 3.63) is 62.9 Å². The smallest absolute Gasteiger partial charge is 0.258 e. The molecule has 0 saturated carbocycles. The highest BCUT2D eigenvalue weighted by Gasteiger charge is 2.35. The van der Waals surface area contributed by atoms with Crippen LogP contribution in [0.25, 0.3) is 0 Å². The van der Waals surface area contributed by atoms with Crippen LogP contribution in [-0.2, 0) is 6.54 Å². The Morgan fingerprint density at radius 2 is 2.07 bits per heavy atom. The third kappa shape index (κ3) is 2.60. The van der Waals surface area contributed by atoms with Gasteiger partial charge in [0.2, 0.25) is 12.7 Å². The summed E-state index contributed by atoms with van der Waals surface area (Å²) >= 11 is 0. The zero-order valence-electron chi connectivity index (χ0n) is 14.6. The summed E-state index contributed by atoms with van der Waals surface area (Å²) in [7, 11) is 0. The van der Waals surface area contributed by atoms with Crippen LogP contribution in [-0.4, -0.2) is 23.1 Å². The molecule has 0 bridgehead atoms. The van der Waals surface area contributed by atoms with Gasteiger partial charge in [-0.2, -0.15) is 5.26 Å². The van der Waals surface area contributed by atoms with E-state index in [1.54, 1.807) is 31.2 Å². The first-order chi connectivity index (χ1) is 13.0. The molecule has 1 aromatic heterocycles. The number of aliphatic hydroxyl groups is 1. The van der Waals surface area contributed by atoms with Crippen molar-refractivity contribution in [3.63, 3.8) is 0 Å². The second-order valence-corrected chi connectivity index (χ2v) is 6.28. The number of aryl methyl sites for hydroxylation is 1. The highest BCUT2D eigenvalue weighted by Crippen LogP contribution is 2.43. The van der Waals surface area contributed by atoms with E-state index in [-0.39, 0.29) is 37.0 Å². The number of nitrogens with two attached hydrogens (primary N) is 1. The lowest BCUT2D eigenvalue weighted by atomic mass is 9.84. The average molecular weight is 367 g/mol. The molecule has 8 heteroatoms. The summed E-state index contributed by atoms with van der Waals surface area (Å²) in [6.45, 7) is 1.83. The van der Waals surface area contributed by atoms with E-state index in [0.717, 1.165) is 0 Å². The third-order valence-electron chi connectivity index (χ3n) is 4.74. The fourth-order valence-electron chi connectivity index (χ4n) is 3.49. The second kappa shape index (κ2) is 6.37. The van der Waals surface area contributed by atoms with E-state index >= 15 is 0 Å². The molecule has 138 valence electrons. The summed E-state index contributed by atoms with van der Waals surface area (Å²) in [6.07, 6.45) is 0. The minimum atomic E-state index is -0.703. The first-order valence-corrected chi connectivity index (χ1v) is 8.37. The number of aliphatic hydroxyl groups excluding tert-OH is 1. The molecule has 3 heterocycles. The number of rotatable bonds is 3. The summed E-state index contributed by atoms with van der Waals surface area (Å²) in [6, 6.07) is 9.00. The molecule has 0 spiro atoms. The van der Waals surface area contributed by atoms with Crippen LogP contribution in [0.2, 0.25) is 0 Å². The Morgan fingerprint density at radius 3 is 2.81 bits per heavy atom. The summed E-state index contributed by atoms with van der Waals surface area (Å²) < 4.78 is 17.8. The van der Waals surface area contributed by atoms with Gasteiger partial charge in [0.1, 0.15) is 17.4 Å². The molecule has 0 radical (unpaired) electrons. The Kier molecular flexibility index (Phi) is 4.01. The Bertz CT molecular complexity index is 1060. The standard InChI is InChI=1S/C19H17N3O5/c1-10-6-15-17(19(24)22(10)4-5-23)16(12(8-20)18(21)27-15)11-2-3-13-14(7-11)26-9-25-13/h2-3,6-7,16,23H,4-5,9,21H2,1H3/t16-/m0/s1. The number of nitriles is 1. The lowest BCUT2D eigenvalue weighted by Crippen LogP contribution is -2.33. The predicted molar refractivity (Wildman–Crippen MR) is 94.4 cm³/mol. The van der Waals surface area contributed by atoms with Crippen molar-refractivity contribution in [2.45, 2.75) is 19.4 Å². The van der Waals surface area contributed by atoms with Crippen LogP contribution in [0.3, 0.4) is 0 Å². The molecule has 4 rings (SSSR count). The summed E-state index contributed by atoms with van der Waals surface area (Å²) in [4.78, 5) is 13.2. The van der Waals surface area contributed by atoms with Gasteiger partial charge in [0.05, 0.1) is 18.1 Å². The van der Waals surface area contributed by atoms with Gasteiger partial charge >= 0.3 is 0 Å². The fourth-order valence-corrected chi connectivity index (χ4v) is 3.49. The summed E-state index contributed by atoms with van der Waals surface area (Å²) in [5.41, 5.74) is 7.39. The Labute approximate surface area is 154 Å². The van der Waals surface area contributed by atoms with Crippen molar-refractivity contribution in [2.24, 2.45) is 5.73 Å². The van der Waals surface area contributed by atoms with E-state index in [4.69, 9.17) is 19.9 Å². The molecule has 0 fully saturated rings. The average Bonchev–Trinajstić information content (AvgIpc) is 3.11. The van der Waals surface area contributed by atoms with E-state index in [0.29, 0.717) is 34.1 Å². The number of benzene rings is 1. The van der Waals surface area contributed by atoms with E-state index < -0.39 is 5.92 Å². The normalized spacial score (nSPS) is 17.3. The quantitative estimate of drug-likeness (QED) is 0.833. The maximum absolute atomic E-state index is 13.2. The first-order valence-electron chi connectivity index (χ1n) is 8.37. The van der Waals surface area contributed by atoms with E-state index in [2.05, 4.69) is 6.07 Å². The van der Waals surface area contributed by atoms with Gasteiger partial charge in [-0.05, 0) is 24.6 Å². The zero-order chi connectivity index (χ0) is 19.1. The Morgan fingerprint density at radius 1 is 1.30 bits per heavy atom. The lowest BCUT2D eigenvalue weighted by molar-refractivity contribution is 0.174. The number of nitrogens with zero attached hydrogens (tertiary/aromatic N) is 2. The first kappa shape index (κ1) is 17.0. The third-order valence-corrected chi connectivity index (χ3v) is 4.74. The molecule has 1 atom stereocenters. The highest BCUT2D eigenvalue weighted by atomic mass is 16.7. The number of ether oxygens (including phenoxy) is 3. The van der Waals surface area contributed by atoms with E-state index in [1.165, 1.54) is 4.57 Å². The minimum absolute atomic E-state index is 0.0358. The van der Waals surface area contributed by atoms with Crippen LogP contribution in [0.1, 0.15) is 22.7 Å².